The van der Waals surface area contributed by atoms with Gasteiger partial charge in [-0.3, -0.25) is 0 Å². The van der Waals surface area contributed by atoms with Crippen molar-refractivity contribution in [3.05, 3.63) is 22.4 Å². The molecule has 3 aliphatic rings. The number of allylic oxidation sites excluding steroid dienone is 1. The van der Waals surface area contributed by atoms with E-state index in [4.69, 9.17) is 27.9 Å². The molecule has 1 nitrogen and oxygen atoms in total. The van der Waals surface area contributed by atoms with Gasteiger partial charge in [0.25, 0.3) is 0 Å². The van der Waals surface area contributed by atoms with Gasteiger partial charge < -0.3 is 4.74 Å². The number of halogens is 2. The molecule has 0 spiro atoms. The number of hydrogen-bond acceptors (Lipinski definition) is 1. The Morgan fingerprint density at radius 3 is 2.38 bits per heavy atom. The van der Waals surface area contributed by atoms with Gasteiger partial charge in [-0.05, 0) is 32.8 Å². The van der Waals surface area contributed by atoms with E-state index in [2.05, 4.69) is 26.0 Å². The fraction of sp³-hybridized carbons (Fsp3) is 0.600. The second-order valence-electron chi connectivity index (χ2n) is 4.26. The smallest absolute Gasteiger partial charge is 0.145 e. The molecule has 0 amide bonds. The topological polar surface area (TPSA) is 9.23 Å². The van der Waals surface area contributed by atoms with Crippen molar-refractivity contribution in [2.45, 2.75) is 32.3 Å². The first kappa shape index (κ1) is 9.42. The molecule has 0 radical (unpaired) electrons. The van der Waals surface area contributed by atoms with Crippen molar-refractivity contribution in [3.8, 4) is 0 Å². The predicted molar refractivity (Wildman–Crippen MR) is 54.7 cm³/mol. The molecule has 2 aliphatic heterocycles. The monoisotopic (exact) mass is 218 g/mol. The van der Waals surface area contributed by atoms with E-state index in [1.807, 2.05) is 0 Å². The Balaban J connectivity index is 2.49. The average molecular weight is 219 g/mol. The Morgan fingerprint density at radius 2 is 2.00 bits per heavy atom. The molecule has 3 heteroatoms. The second kappa shape index (κ2) is 2.68. The van der Waals surface area contributed by atoms with Crippen molar-refractivity contribution >= 4 is 23.2 Å². The zero-order valence-corrected chi connectivity index (χ0v) is 9.24. The Morgan fingerprint density at radius 1 is 1.31 bits per heavy atom. The van der Waals surface area contributed by atoms with Gasteiger partial charge in [0.05, 0.1) is 0 Å². The maximum Gasteiger partial charge on any atom is 0.145 e. The maximum absolute atomic E-state index is 5.79. The molecule has 2 heterocycles. The number of hydrogen-bond donors (Lipinski definition) is 0. The first-order chi connectivity index (χ1) is 5.95. The third-order valence-electron chi connectivity index (χ3n) is 2.97. The van der Waals surface area contributed by atoms with Crippen LogP contribution in [0.4, 0.5) is 0 Å². The normalized spacial score (nSPS) is 42.0. The highest BCUT2D eigenvalue weighted by atomic mass is 35.5. The van der Waals surface area contributed by atoms with E-state index >= 15 is 0 Å². The zero-order chi connectivity index (χ0) is 9.69. The summed E-state index contributed by atoms with van der Waals surface area (Å²) < 4.78 is 6.03. The highest BCUT2D eigenvalue weighted by Gasteiger charge is 2.45. The first-order valence-electron chi connectivity index (χ1n) is 4.40. The van der Waals surface area contributed by atoms with Gasteiger partial charge in [0.2, 0.25) is 0 Å². The van der Waals surface area contributed by atoms with Crippen LogP contribution in [0, 0.1) is 5.41 Å². The van der Waals surface area contributed by atoms with Crippen LogP contribution < -0.4 is 0 Å². The molecule has 3 rings (SSSR count). The standard InChI is InChI=1S/C10H12Cl2O/c1-9-3-5-10(2,6-4-9)13-7(9)8(11)12/h3,5H,4,6H2,1-2H3/t9-,10+/m1/s1. The van der Waals surface area contributed by atoms with Gasteiger partial charge >= 0.3 is 0 Å². The Hall–Kier alpha value is -0.140. The fourth-order valence-electron chi connectivity index (χ4n) is 1.91. The third kappa shape index (κ3) is 1.38. The lowest BCUT2D eigenvalue weighted by Crippen LogP contribution is -2.42. The van der Waals surface area contributed by atoms with Gasteiger partial charge in [-0.15, -0.1) is 0 Å². The van der Waals surface area contributed by atoms with E-state index in [1.54, 1.807) is 0 Å². The summed E-state index contributed by atoms with van der Waals surface area (Å²) in [5.41, 5.74) is -0.279. The van der Waals surface area contributed by atoms with Gasteiger partial charge in [-0.25, -0.2) is 0 Å². The minimum atomic E-state index is -0.192. The fourth-order valence-corrected chi connectivity index (χ4v) is 2.42. The van der Waals surface area contributed by atoms with Crippen molar-refractivity contribution in [2.75, 3.05) is 0 Å². The molecule has 0 saturated carbocycles. The summed E-state index contributed by atoms with van der Waals surface area (Å²) in [5, 5.41) is 0. The maximum atomic E-state index is 5.79. The van der Waals surface area contributed by atoms with Crippen LogP contribution in [-0.2, 0) is 4.74 Å². The Labute approximate surface area is 88.4 Å². The van der Waals surface area contributed by atoms with Crippen molar-refractivity contribution in [1.82, 2.24) is 0 Å². The molecule has 2 atom stereocenters. The third-order valence-corrected chi connectivity index (χ3v) is 3.31. The van der Waals surface area contributed by atoms with Gasteiger partial charge in [0.1, 0.15) is 15.9 Å². The zero-order valence-electron chi connectivity index (χ0n) is 7.73. The molecule has 1 aliphatic carbocycles. The molecule has 0 aromatic rings. The van der Waals surface area contributed by atoms with Gasteiger partial charge in [0, 0.05) is 5.41 Å². The van der Waals surface area contributed by atoms with E-state index in [0.29, 0.717) is 0 Å². The molecular formula is C10H12Cl2O. The van der Waals surface area contributed by atoms with Crippen LogP contribution in [-0.4, -0.2) is 5.60 Å². The Bertz CT molecular complexity index is 304. The lowest BCUT2D eigenvalue weighted by Gasteiger charge is -2.47. The van der Waals surface area contributed by atoms with Crippen LogP contribution in [0.2, 0.25) is 0 Å². The Kier molecular flexibility index (Phi) is 1.94. The molecule has 0 aromatic carbocycles. The summed E-state index contributed by atoms with van der Waals surface area (Å²) in [6.45, 7) is 4.15. The van der Waals surface area contributed by atoms with Crippen molar-refractivity contribution in [1.29, 1.82) is 0 Å². The molecule has 1 fully saturated rings. The van der Waals surface area contributed by atoms with E-state index in [0.717, 1.165) is 18.6 Å². The molecule has 13 heavy (non-hydrogen) atoms. The van der Waals surface area contributed by atoms with Crippen molar-refractivity contribution in [3.63, 3.8) is 0 Å². The minimum Gasteiger partial charge on any atom is -0.484 e. The van der Waals surface area contributed by atoms with Crippen LogP contribution in [0.1, 0.15) is 26.7 Å². The summed E-state index contributed by atoms with van der Waals surface area (Å²) in [4.78, 5) is 0. The summed E-state index contributed by atoms with van der Waals surface area (Å²) in [5.74, 6) is 0.729. The van der Waals surface area contributed by atoms with Crippen LogP contribution >= 0.6 is 23.2 Å². The van der Waals surface area contributed by atoms with Gasteiger partial charge in [-0.2, -0.15) is 0 Å². The number of rotatable bonds is 0. The number of ether oxygens (including phenoxy) is 1. The van der Waals surface area contributed by atoms with E-state index in [-0.39, 0.29) is 15.5 Å². The molecule has 1 saturated heterocycles. The summed E-state index contributed by atoms with van der Waals surface area (Å²) in [7, 11) is 0. The quantitative estimate of drug-likeness (QED) is 0.563. The molecule has 0 aromatic heterocycles. The van der Waals surface area contributed by atoms with Gasteiger partial charge in [0.15, 0.2) is 0 Å². The first-order valence-corrected chi connectivity index (χ1v) is 5.16. The SMILES string of the molecule is C[C@]12C=C[C@](C)(CC1)C(=C(Cl)Cl)O2. The van der Waals surface area contributed by atoms with E-state index in [1.165, 1.54) is 0 Å². The summed E-state index contributed by atoms with van der Waals surface area (Å²) in [6.07, 6.45) is 6.35. The second-order valence-corrected chi connectivity index (χ2v) is 5.20. The molecule has 0 N–H and O–H groups in total. The molecule has 2 bridgehead atoms. The van der Waals surface area contributed by atoms with Crippen molar-refractivity contribution in [2.24, 2.45) is 5.41 Å². The lowest BCUT2D eigenvalue weighted by molar-refractivity contribution is -0.0323. The van der Waals surface area contributed by atoms with Crippen molar-refractivity contribution < 1.29 is 4.74 Å². The summed E-state index contributed by atoms with van der Waals surface area (Å²) >= 11 is 11.6. The van der Waals surface area contributed by atoms with Crippen LogP contribution in [0.25, 0.3) is 0 Å². The largest absolute Gasteiger partial charge is 0.484 e. The molecular weight excluding hydrogens is 207 g/mol. The van der Waals surface area contributed by atoms with Crippen LogP contribution in [0.15, 0.2) is 22.4 Å². The highest BCUT2D eigenvalue weighted by Crippen LogP contribution is 2.51. The predicted octanol–water partition coefficient (Wildman–Crippen LogP) is 3.78. The molecule has 0 unspecified atom stereocenters. The molecule has 72 valence electrons. The summed E-state index contributed by atoms with van der Waals surface area (Å²) in [6, 6.07) is 0. The van der Waals surface area contributed by atoms with Crippen LogP contribution in [0.3, 0.4) is 0 Å². The average Bonchev–Trinajstić information content (AvgIpc) is 2.07. The van der Waals surface area contributed by atoms with E-state index < -0.39 is 0 Å². The lowest BCUT2D eigenvalue weighted by atomic mass is 9.71. The highest BCUT2D eigenvalue weighted by molar-refractivity contribution is 6.56. The van der Waals surface area contributed by atoms with Gasteiger partial charge in [-0.1, -0.05) is 29.3 Å². The van der Waals surface area contributed by atoms with E-state index in [9.17, 15) is 0 Å². The number of fused-ring (bicyclic) bond motifs is 2. The minimum absolute atomic E-state index is 0.0867. The van der Waals surface area contributed by atoms with Crippen LogP contribution in [0.5, 0.6) is 0 Å².